The number of amides is 2. The number of fused-ring (bicyclic) bond motifs is 1. The predicted octanol–water partition coefficient (Wildman–Crippen LogP) is 3.46. The van der Waals surface area contributed by atoms with Crippen molar-refractivity contribution in [3.8, 4) is 11.5 Å². The summed E-state index contributed by atoms with van der Waals surface area (Å²) < 4.78 is 24.1. The molecule has 2 N–H and O–H groups in total. The van der Waals surface area contributed by atoms with Crippen molar-refractivity contribution in [1.29, 1.82) is 0 Å². The summed E-state index contributed by atoms with van der Waals surface area (Å²) >= 11 is 5.70. The van der Waals surface area contributed by atoms with Gasteiger partial charge in [-0.15, -0.1) is 0 Å². The lowest BCUT2D eigenvalue weighted by Gasteiger charge is -2.19. The van der Waals surface area contributed by atoms with Crippen LogP contribution in [-0.2, 0) is 9.59 Å². The lowest BCUT2D eigenvalue weighted by Crippen LogP contribution is -2.21. The minimum atomic E-state index is -0.558. The largest absolute Gasteiger partial charge is 0.486 e. The highest BCUT2D eigenvalue weighted by Gasteiger charge is 2.48. The van der Waals surface area contributed by atoms with Crippen molar-refractivity contribution in [2.45, 2.75) is 6.42 Å². The number of nitrogens with one attached hydrogen (secondary N) is 2. The fraction of sp³-hybridized carbons (Fsp3) is 0.263. The van der Waals surface area contributed by atoms with E-state index in [2.05, 4.69) is 10.6 Å². The second-order valence-corrected chi connectivity index (χ2v) is 6.82. The summed E-state index contributed by atoms with van der Waals surface area (Å²) in [6, 6.07) is 9.09. The molecule has 4 rings (SSSR count). The molecule has 0 radical (unpaired) electrons. The Morgan fingerprint density at radius 1 is 0.926 bits per heavy atom. The molecule has 2 aromatic rings. The Labute approximate surface area is 159 Å². The molecule has 8 heteroatoms. The average Bonchev–Trinajstić information content (AvgIpc) is 3.46. The van der Waals surface area contributed by atoms with Crippen LogP contribution in [0.4, 0.5) is 15.8 Å². The Hall–Kier alpha value is -2.80. The first-order valence-corrected chi connectivity index (χ1v) is 8.85. The molecule has 1 aliphatic carbocycles. The van der Waals surface area contributed by atoms with E-state index in [1.165, 1.54) is 18.2 Å². The lowest BCUT2D eigenvalue weighted by molar-refractivity contribution is -0.122. The third-order valence-corrected chi connectivity index (χ3v) is 4.75. The Bertz CT molecular complexity index is 921. The predicted molar refractivity (Wildman–Crippen MR) is 97.7 cm³/mol. The van der Waals surface area contributed by atoms with Gasteiger partial charge in [-0.25, -0.2) is 4.39 Å². The molecule has 2 aromatic carbocycles. The zero-order valence-electron chi connectivity index (χ0n) is 14.1. The molecule has 6 nitrogen and oxygen atoms in total. The maximum Gasteiger partial charge on any atom is 0.228 e. The van der Waals surface area contributed by atoms with Gasteiger partial charge in [0.05, 0.1) is 16.9 Å². The second-order valence-electron chi connectivity index (χ2n) is 6.41. The Balaban J connectivity index is 1.34. The Morgan fingerprint density at radius 2 is 1.52 bits per heavy atom. The van der Waals surface area contributed by atoms with Crippen molar-refractivity contribution in [3.05, 3.63) is 47.2 Å². The summed E-state index contributed by atoms with van der Waals surface area (Å²) in [6.45, 7) is 0.958. The lowest BCUT2D eigenvalue weighted by atomic mass is 10.2. The van der Waals surface area contributed by atoms with Gasteiger partial charge in [0.15, 0.2) is 11.5 Å². The van der Waals surface area contributed by atoms with E-state index in [4.69, 9.17) is 21.1 Å². The van der Waals surface area contributed by atoms with Crippen LogP contribution in [0.25, 0.3) is 0 Å². The van der Waals surface area contributed by atoms with Crippen molar-refractivity contribution in [2.24, 2.45) is 11.8 Å². The van der Waals surface area contributed by atoms with Crippen LogP contribution in [0.1, 0.15) is 6.42 Å². The molecule has 2 aliphatic rings. The maximum absolute atomic E-state index is 13.2. The van der Waals surface area contributed by atoms with Crippen molar-refractivity contribution >= 4 is 34.8 Å². The number of carbonyl (C=O) groups excluding carboxylic acids is 2. The van der Waals surface area contributed by atoms with E-state index in [1.54, 1.807) is 18.2 Å². The summed E-state index contributed by atoms with van der Waals surface area (Å²) in [7, 11) is 0. The third-order valence-electron chi connectivity index (χ3n) is 4.46. The molecule has 0 bridgehead atoms. The fourth-order valence-corrected chi connectivity index (χ4v) is 3.12. The van der Waals surface area contributed by atoms with Crippen LogP contribution in [-0.4, -0.2) is 25.0 Å². The summed E-state index contributed by atoms with van der Waals surface area (Å²) in [5, 5.41) is 5.38. The number of benzene rings is 2. The molecular formula is C19H16ClFN2O4. The SMILES string of the molecule is O=C(Nc1ccc(F)c(Cl)c1)C1CC1C(=O)Nc1ccc2c(c1)OCCO2. The third kappa shape index (κ3) is 3.83. The fourth-order valence-electron chi connectivity index (χ4n) is 2.94. The number of halogens is 2. The zero-order valence-corrected chi connectivity index (χ0v) is 14.9. The molecule has 0 saturated heterocycles. The van der Waals surface area contributed by atoms with E-state index in [0.717, 1.165) is 0 Å². The average molecular weight is 391 g/mol. The minimum absolute atomic E-state index is 0.0727. The van der Waals surface area contributed by atoms with E-state index < -0.39 is 17.7 Å². The first kappa shape index (κ1) is 17.6. The Morgan fingerprint density at radius 3 is 2.19 bits per heavy atom. The standard InChI is InChI=1S/C19H16ClFN2O4/c20-14-7-10(1-3-15(14)21)22-18(24)12-9-13(12)19(25)23-11-2-4-16-17(8-11)27-6-5-26-16/h1-4,7-8,12-13H,5-6,9H2,(H,22,24)(H,23,25). The molecule has 27 heavy (non-hydrogen) atoms. The number of ether oxygens (including phenoxy) is 2. The highest BCUT2D eigenvalue weighted by Crippen LogP contribution is 2.41. The van der Waals surface area contributed by atoms with Gasteiger partial charge in [-0.2, -0.15) is 0 Å². The molecular weight excluding hydrogens is 375 g/mol. The summed E-state index contributed by atoms with van der Waals surface area (Å²) in [5.41, 5.74) is 0.977. The van der Waals surface area contributed by atoms with Crippen molar-refractivity contribution in [2.75, 3.05) is 23.8 Å². The van der Waals surface area contributed by atoms with Crippen LogP contribution in [0.3, 0.4) is 0 Å². The van der Waals surface area contributed by atoms with Gasteiger partial charge in [0.25, 0.3) is 0 Å². The van der Waals surface area contributed by atoms with Gasteiger partial charge in [0.2, 0.25) is 11.8 Å². The smallest absolute Gasteiger partial charge is 0.228 e. The molecule has 2 atom stereocenters. The molecule has 1 fully saturated rings. The normalized spacial score (nSPS) is 19.9. The van der Waals surface area contributed by atoms with Crippen LogP contribution in [0.2, 0.25) is 5.02 Å². The zero-order chi connectivity index (χ0) is 19.0. The van der Waals surface area contributed by atoms with Gasteiger partial charge < -0.3 is 20.1 Å². The first-order chi connectivity index (χ1) is 13.0. The van der Waals surface area contributed by atoms with Gasteiger partial charge in [0.1, 0.15) is 19.0 Å². The maximum atomic E-state index is 13.2. The number of anilines is 2. The molecule has 1 saturated carbocycles. The quantitative estimate of drug-likeness (QED) is 0.838. The van der Waals surface area contributed by atoms with E-state index in [-0.39, 0.29) is 16.8 Å². The topological polar surface area (TPSA) is 76.7 Å². The summed E-state index contributed by atoms with van der Waals surface area (Å²) in [6.07, 6.45) is 0.456. The second kappa shape index (κ2) is 7.08. The molecule has 2 amide bonds. The van der Waals surface area contributed by atoms with Crippen molar-refractivity contribution in [3.63, 3.8) is 0 Å². The number of carbonyl (C=O) groups is 2. The van der Waals surface area contributed by atoms with Crippen LogP contribution < -0.4 is 20.1 Å². The number of hydrogen-bond acceptors (Lipinski definition) is 4. The first-order valence-electron chi connectivity index (χ1n) is 8.48. The van der Waals surface area contributed by atoms with Crippen molar-refractivity contribution in [1.82, 2.24) is 0 Å². The Kier molecular flexibility index (Phi) is 4.61. The van der Waals surface area contributed by atoms with Gasteiger partial charge >= 0.3 is 0 Å². The monoisotopic (exact) mass is 390 g/mol. The van der Waals surface area contributed by atoms with Gasteiger partial charge in [-0.1, -0.05) is 11.6 Å². The molecule has 0 spiro atoms. The molecule has 1 heterocycles. The molecule has 2 unspecified atom stereocenters. The number of hydrogen-bond donors (Lipinski definition) is 2. The van der Waals surface area contributed by atoms with Crippen LogP contribution in [0.15, 0.2) is 36.4 Å². The van der Waals surface area contributed by atoms with E-state index in [9.17, 15) is 14.0 Å². The van der Waals surface area contributed by atoms with Gasteiger partial charge in [0, 0.05) is 17.4 Å². The van der Waals surface area contributed by atoms with Crippen LogP contribution in [0.5, 0.6) is 11.5 Å². The minimum Gasteiger partial charge on any atom is -0.486 e. The van der Waals surface area contributed by atoms with Crippen LogP contribution in [0, 0.1) is 17.7 Å². The van der Waals surface area contributed by atoms with E-state index in [1.807, 2.05) is 0 Å². The summed E-state index contributed by atoms with van der Waals surface area (Å²) in [4.78, 5) is 24.6. The highest BCUT2D eigenvalue weighted by atomic mass is 35.5. The number of rotatable bonds is 4. The van der Waals surface area contributed by atoms with Gasteiger partial charge in [-0.3, -0.25) is 9.59 Å². The molecule has 0 aromatic heterocycles. The van der Waals surface area contributed by atoms with E-state index in [0.29, 0.717) is 42.5 Å². The van der Waals surface area contributed by atoms with Crippen LogP contribution >= 0.6 is 11.6 Å². The summed E-state index contributed by atoms with van der Waals surface area (Å²) in [5.74, 6) is -0.694. The highest BCUT2D eigenvalue weighted by molar-refractivity contribution is 6.31. The van der Waals surface area contributed by atoms with Crippen molar-refractivity contribution < 1.29 is 23.5 Å². The van der Waals surface area contributed by atoms with E-state index >= 15 is 0 Å². The molecule has 1 aliphatic heterocycles. The molecule has 140 valence electrons. The van der Waals surface area contributed by atoms with Gasteiger partial charge in [-0.05, 0) is 36.8 Å².